The van der Waals surface area contributed by atoms with Gasteiger partial charge in [-0.1, -0.05) is 29.3 Å². The van der Waals surface area contributed by atoms with Crippen molar-refractivity contribution in [2.45, 2.75) is 33.6 Å². The van der Waals surface area contributed by atoms with E-state index in [1.165, 1.54) is 5.56 Å². The van der Waals surface area contributed by atoms with Crippen LogP contribution in [0.3, 0.4) is 0 Å². The summed E-state index contributed by atoms with van der Waals surface area (Å²) in [4.78, 5) is 12.0. The first-order valence-electron chi connectivity index (χ1n) is 8.42. The van der Waals surface area contributed by atoms with Crippen LogP contribution in [0.1, 0.15) is 29.5 Å². The first-order valence-corrected chi connectivity index (χ1v) is 9.21. The van der Waals surface area contributed by atoms with E-state index in [4.69, 9.17) is 28.6 Å². The van der Waals surface area contributed by atoms with Crippen molar-refractivity contribution >= 4 is 40.5 Å². The van der Waals surface area contributed by atoms with Crippen LogP contribution in [0.15, 0.2) is 36.4 Å². The summed E-state index contributed by atoms with van der Waals surface area (Å²) in [6.07, 6.45) is 0.931. The standard InChI is InChI=1S/C20H23ClN2O2S/c1-13-11-14(2)19(15(3)12-13)23-20(26)22-18(24)5-4-10-25-17-8-6-16(21)7-9-17/h6-9,11-12H,4-5,10H2,1-3H3,(H2,22,23,24,26). The second kappa shape index (κ2) is 9.55. The van der Waals surface area contributed by atoms with E-state index >= 15 is 0 Å². The number of benzene rings is 2. The van der Waals surface area contributed by atoms with Gasteiger partial charge < -0.3 is 15.4 Å². The van der Waals surface area contributed by atoms with Gasteiger partial charge in [-0.3, -0.25) is 4.79 Å². The van der Waals surface area contributed by atoms with E-state index in [2.05, 4.69) is 29.7 Å². The Bertz CT molecular complexity index is 768. The number of amides is 1. The maximum absolute atomic E-state index is 12.0. The van der Waals surface area contributed by atoms with Gasteiger partial charge >= 0.3 is 0 Å². The summed E-state index contributed by atoms with van der Waals surface area (Å²) in [6, 6.07) is 11.3. The zero-order chi connectivity index (χ0) is 19.1. The van der Waals surface area contributed by atoms with E-state index in [1.807, 2.05) is 13.8 Å². The molecule has 6 heteroatoms. The van der Waals surface area contributed by atoms with Gasteiger partial charge in [-0.2, -0.15) is 0 Å². The molecule has 2 N–H and O–H groups in total. The zero-order valence-corrected chi connectivity index (χ0v) is 16.8. The van der Waals surface area contributed by atoms with Gasteiger partial charge in [-0.05, 0) is 74.8 Å². The van der Waals surface area contributed by atoms with Gasteiger partial charge in [0.05, 0.1) is 6.61 Å². The Kier molecular flexibility index (Phi) is 7.42. The van der Waals surface area contributed by atoms with Crippen molar-refractivity contribution < 1.29 is 9.53 Å². The monoisotopic (exact) mass is 390 g/mol. The molecule has 0 fully saturated rings. The van der Waals surface area contributed by atoms with Gasteiger partial charge in [0.25, 0.3) is 0 Å². The molecule has 0 aromatic heterocycles. The largest absolute Gasteiger partial charge is 0.494 e. The molecule has 0 radical (unpaired) electrons. The van der Waals surface area contributed by atoms with Crippen molar-refractivity contribution in [1.82, 2.24) is 5.32 Å². The van der Waals surface area contributed by atoms with Gasteiger partial charge in [0, 0.05) is 17.1 Å². The molecule has 0 atom stereocenters. The highest BCUT2D eigenvalue weighted by atomic mass is 35.5. The molecule has 1 amide bonds. The molecule has 2 aromatic carbocycles. The normalized spacial score (nSPS) is 10.3. The molecule has 0 aliphatic carbocycles. The van der Waals surface area contributed by atoms with Crippen LogP contribution in [-0.4, -0.2) is 17.6 Å². The average molecular weight is 391 g/mol. The van der Waals surface area contributed by atoms with Crippen molar-refractivity contribution in [2.75, 3.05) is 11.9 Å². The number of hydrogen-bond acceptors (Lipinski definition) is 3. The number of nitrogens with one attached hydrogen (secondary N) is 2. The average Bonchev–Trinajstić information content (AvgIpc) is 2.56. The summed E-state index contributed by atoms with van der Waals surface area (Å²) in [5.41, 5.74) is 4.32. The van der Waals surface area contributed by atoms with Crippen molar-refractivity contribution in [2.24, 2.45) is 0 Å². The summed E-state index contributed by atoms with van der Waals surface area (Å²) >= 11 is 11.1. The Balaban J connectivity index is 1.73. The third-order valence-corrected chi connectivity index (χ3v) is 4.26. The zero-order valence-electron chi connectivity index (χ0n) is 15.2. The number of aryl methyl sites for hydroxylation is 3. The number of hydrogen-bond donors (Lipinski definition) is 2. The van der Waals surface area contributed by atoms with E-state index in [0.29, 0.717) is 29.6 Å². The molecule has 0 saturated carbocycles. The fraction of sp³-hybridized carbons (Fsp3) is 0.300. The maximum atomic E-state index is 12.0. The van der Waals surface area contributed by atoms with Crippen molar-refractivity contribution in [1.29, 1.82) is 0 Å². The third kappa shape index (κ3) is 6.32. The number of anilines is 1. The molecule has 2 aromatic rings. The van der Waals surface area contributed by atoms with E-state index in [9.17, 15) is 4.79 Å². The molecule has 26 heavy (non-hydrogen) atoms. The van der Waals surface area contributed by atoms with Crippen LogP contribution in [0.2, 0.25) is 5.02 Å². The van der Waals surface area contributed by atoms with E-state index < -0.39 is 0 Å². The van der Waals surface area contributed by atoms with E-state index in [1.54, 1.807) is 24.3 Å². The first-order chi connectivity index (χ1) is 12.3. The van der Waals surface area contributed by atoms with E-state index in [0.717, 1.165) is 22.6 Å². The highest BCUT2D eigenvalue weighted by Crippen LogP contribution is 2.21. The second-order valence-electron chi connectivity index (χ2n) is 6.18. The van der Waals surface area contributed by atoms with Crippen LogP contribution in [0, 0.1) is 20.8 Å². The Morgan fingerprint density at radius 3 is 2.35 bits per heavy atom. The lowest BCUT2D eigenvalue weighted by molar-refractivity contribution is -0.119. The molecule has 0 saturated heterocycles. The Hall–Kier alpha value is -2.11. The van der Waals surface area contributed by atoms with Crippen LogP contribution in [-0.2, 0) is 4.79 Å². The minimum absolute atomic E-state index is 0.135. The van der Waals surface area contributed by atoms with Crippen LogP contribution >= 0.6 is 23.8 Å². The fourth-order valence-corrected chi connectivity index (χ4v) is 3.01. The third-order valence-electron chi connectivity index (χ3n) is 3.80. The summed E-state index contributed by atoms with van der Waals surface area (Å²) in [7, 11) is 0. The highest BCUT2D eigenvalue weighted by Gasteiger charge is 2.09. The molecule has 4 nitrogen and oxygen atoms in total. The number of halogens is 1. The summed E-state index contributed by atoms with van der Waals surface area (Å²) in [5, 5.41) is 6.80. The molecule has 2 rings (SSSR count). The van der Waals surface area contributed by atoms with Gasteiger partial charge in [0.2, 0.25) is 5.91 Å². The molecule has 0 spiro atoms. The molecule has 138 valence electrons. The number of ether oxygens (including phenoxy) is 1. The van der Waals surface area contributed by atoms with Gasteiger partial charge in [-0.15, -0.1) is 0 Å². The molecule has 0 aliphatic rings. The lowest BCUT2D eigenvalue weighted by Crippen LogP contribution is -2.34. The first kappa shape index (κ1) is 20.2. The lowest BCUT2D eigenvalue weighted by atomic mass is 10.1. The maximum Gasteiger partial charge on any atom is 0.226 e. The SMILES string of the molecule is Cc1cc(C)c(NC(=S)NC(=O)CCCOc2ccc(Cl)cc2)c(C)c1. The molecular weight excluding hydrogens is 368 g/mol. The molecule has 0 unspecified atom stereocenters. The summed E-state index contributed by atoms with van der Waals surface area (Å²) in [6.45, 7) is 6.53. The summed E-state index contributed by atoms with van der Waals surface area (Å²) < 4.78 is 5.57. The Labute approximate surface area is 164 Å². The number of carbonyl (C=O) groups excluding carboxylic acids is 1. The number of thiocarbonyl (C=S) groups is 1. The van der Waals surface area contributed by atoms with Gasteiger partial charge in [0.15, 0.2) is 5.11 Å². The number of carbonyl (C=O) groups is 1. The highest BCUT2D eigenvalue weighted by molar-refractivity contribution is 7.80. The fourth-order valence-electron chi connectivity index (χ4n) is 2.66. The van der Waals surface area contributed by atoms with Crippen molar-refractivity contribution in [3.05, 3.63) is 58.1 Å². The molecule has 0 heterocycles. The minimum Gasteiger partial charge on any atom is -0.494 e. The van der Waals surface area contributed by atoms with E-state index in [-0.39, 0.29) is 5.91 Å². The van der Waals surface area contributed by atoms with Crippen LogP contribution < -0.4 is 15.4 Å². The molecular formula is C20H23ClN2O2S. The van der Waals surface area contributed by atoms with Gasteiger partial charge in [-0.25, -0.2) is 0 Å². The lowest BCUT2D eigenvalue weighted by Gasteiger charge is -2.15. The predicted molar refractivity (Wildman–Crippen MR) is 111 cm³/mol. The van der Waals surface area contributed by atoms with Crippen LogP contribution in [0.5, 0.6) is 5.75 Å². The number of rotatable bonds is 6. The quantitative estimate of drug-likeness (QED) is 0.542. The summed E-state index contributed by atoms with van der Waals surface area (Å²) in [5.74, 6) is 0.599. The topological polar surface area (TPSA) is 50.4 Å². The second-order valence-corrected chi connectivity index (χ2v) is 7.03. The minimum atomic E-state index is -0.135. The molecule has 0 aliphatic heterocycles. The van der Waals surface area contributed by atoms with Crippen molar-refractivity contribution in [3.63, 3.8) is 0 Å². The molecule has 0 bridgehead atoms. The predicted octanol–water partition coefficient (Wildman–Crippen LogP) is 4.94. The smallest absolute Gasteiger partial charge is 0.226 e. The van der Waals surface area contributed by atoms with Crippen molar-refractivity contribution in [3.8, 4) is 5.75 Å². The Morgan fingerprint density at radius 2 is 1.73 bits per heavy atom. The Morgan fingerprint density at radius 1 is 1.12 bits per heavy atom. The van der Waals surface area contributed by atoms with Crippen LogP contribution in [0.4, 0.5) is 5.69 Å². The van der Waals surface area contributed by atoms with Gasteiger partial charge in [0.1, 0.15) is 5.75 Å². The van der Waals surface area contributed by atoms with Crippen LogP contribution in [0.25, 0.3) is 0 Å².